The van der Waals surface area contributed by atoms with Crippen molar-refractivity contribution in [3.8, 4) is 23.8 Å². The quantitative estimate of drug-likeness (QED) is 0.319. The smallest absolute Gasteiger partial charge is 0.193 e. The first-order valence-corrected chi connectivity index (χ1v) is 7.78. The first-order chi connectivity index (χ1) is 11.2. The second-order valence-corrected chi connectivity index (χ2v) is 5.14. The zero-order valence-corrected chi connectivity index (χ0v) is 13.4. The van der Waals surface area contributed by atoms with Gasteiger partial charge in [-0.05, 0) is 55.0 Å². The van der Waals surface area contributed by atoms with Crippen molar-refractivity contribution in [3.63, 3.8) is 0 Å². The zero-order chi connectivity index (χ0) is 16.5. The lowest BCUT2D eigenvalue weighted by molar-refractivity contribution is 0.103. The van der Waals surface area contributed by atoms with Crippen LogP contribution in [0.15, 0.2) is 48.5 Å². The molecule has 3 nitrogen and oxygen atoms in total. The molecule has 0 amide bonds. The number of ketones is 1. The van der Waals surface area contributed by atoms with Crippen LogP contribution in [0.1, 0.15) is 22.3 Å². The van der Waals surface area contributed by atoms with Crippen molar-refractivity contribution in [2.24, 2.45) is 0 Å². The van der Waals surface area contributed by atoms with Gasteiger partial charge in [-0.2, -0.15) is 0 Å². The van der Waals surface area contributed by atoms with E-state index in [-0.39, 0.29) is 12.4 Å². The summed E-state index contributed by atoms with van der Waals surface area (Å²) in [7, 11) is 0. The third kappa shape index (κ3) is 5.05. The molecule has 0 unspecified atom stereocenters. The Morgan fingerprint density at radius 3 is 1.96 bits per heavy atom. The van der Waals surface area contributed by atoms with Crippen molar-refractivity contribution in [1.82, 2.24) is 0 Å². The topological polar surface area (TPSA) is 35.5 Å². The molecule has 0 N–H and O–H groups in total. The first kappa shape index (κ1) is 16.9. The highest BCUT2D eigenvalue weighted by Crippen LogP contribution is 2.18. The van der Waals surface area contributed by atoms with Gasteiger partial charge < -0.3 is 9.47 Å². The molecule has 0 aliphatic heterocycles. The van der Waals surface area contributed by atoms with Gasteiger partial charge in [0.1, 0.15) is 18.1 Å². The average molecular weight is 329 g/mol. The summed E-state index contributed by atoms with van der Waals surface area (Å²) in [5, 5.41) is 0. The number of rotatable bonds is 8. The fourth-order valence-electron chi connectivity index (χ4n) is 1.94. The number of terminal acetylenes is 1. The van der Waals surface area contributed by atoms with E-state index >= 15 is 0 Å². The number of carbonyl (C=O) groups excluding carboxylic acids is 1. The fraction of sp³-hybridized carbons (Fsp3) is 0.211. The van der Waals surface area contributed by atoms with Crippen LogP contribution in [-0.4, -0.2) is 24.9 Å². The van der Waals surface area contributed by atoms with E-state index < -0.39 is 0 Å². The van der Waals surface area contributed by atoms with Gasteiger partial charge in [0.2, 0.25) is 0 Å². The second-order valence-electron chi connectivity index (χ2n) is 4.76. The third-order valence-electron chi connectivity index (χ3n) is 3.10. The van der Waals surface area contributed by atoms with E-state index in [0.717, 1.165) is 12.2 Å². The monoisotopic (exact) mass is 328 g/mol. The van der Waals surface area contributed by atoms with Crippen LogP contribution in [0, 0.1) is 12.3 Å². The lowest BCUT2D eigenvalue weighted by Crippen LogP contribution is -2.02. The SMILES string of the molecule is C#CCOc1ccc(C(=O)c2ccc(OCCCCl)cc2)cc1. The maximum Gasteiger partial charge on any atom is 0.193 e. The van der Waals surface area contributed by atoms with Crippen molar-refractivity contribution in [1.29, 1.82) is 0 Å². The van der Waals surface area contributed by atoms with Crippen LogP contribution >= 0.6 is 11.6 Å². The Morgan fingerprint density at radius 2 is 1.48 bits per heavy atom. The lowest BCUT2D eigenvalue weighted by Gasteiger charge is -2.07. The molecule has 4 heteroatoms. The summed E-state index contributed by atoms with van der Waals surface area (Å²) in [5.74, 6) is 4.27. The van der Waals surface area contributed by atoms with E-state index in [1.165, 1.54) is 0 Å². The van der Waals surface area contributed by atoms with E-state index in [9.17, 15) is 4.79 Å². The van der Waals surface area contributed by atoms with Crippen LogP contribution in [0.3, 0.4) is 0 Å². The summed E-state index contributed by atoms with van der Waals surface area (Å²) < 4.78 is 10.8. The van der Waals surface area contributed by atoms with Crippen molar-refractivity contribution in [2.75, 3.05) is 19.1 Å². The van der Waals surface area contributed by atoms with Gasteiger partial charge in [0, 0.05) is 17.0 Å². The van der Waals surface area contributed by atoms with Crippen LogP contribution < -0.4 is 9.47 Å². The third-order valence-corrected chi connectivity index (χ3v) is 3.37. The molecule has 2 aromatic rings. The minimum Gasteiger partial charge on any atom is -0.494 e. The highest BCUT2D eigenvalue weighted by Gasteiger charge is 2.09. The van der Waals surface area contributed by atoms with E-state index in [4.69, 9.17) is 27.5 Å². The summed E-state index contributed by atoms with van der Waals surface area (Å²) in [5.41, 5.74) is 1.20. The molecule has 0 aliphatic carbocycles. The van der Waals surface area contributed by atoms with E-state index in [1.54, 1.807) is 48.5 Å². The standard InChI is InChI=1S/C19H17ClO3/c1-2-13-22-17-8-4-15(5-9-17)19(21)16-6-10-18(11-7-16)23-14-3-12-20/h1,4-11H,3,12-14H2. The highest BCUT2D eigenvalue weighted by atomic mass is 35.5. The van der Waals surface area contributed by atoms with E-state index in [1.807, 2.05) is 0 Å². The van der Waals surface area contributed by atoms with Crippen molar-refractivity contribution in [3.05, 3.63) is 59.7 Å². The highest BCUT2D eigenvalue weighted by molar-refractivity contribution is 6.17. The maximum absolute atomic E-state index is 12.4. The molecule has 0 heterocycles. The molecule has 0 aromatic heterocycles. The Bertz CT molecular complexity index is 669. The number of alkyl halides is 1. The normalized spacial score (nSPS) is 9.91. The molecule has 2 aromatic carbocycles. The van der Waals surface area contributed by atoms with Gasteiger partial charge in [-0.15, -0.1) is 18.0 Å². The van der Waals surface area contributed by atoms with Gasteiger partial charge in [0.15, 0.2) is 5.78 Å². The first-order valence-electron chi connectivity index (χ1n) is 7.24. The Morgan fingerprint density at radius 1 is 0.957 bits per heavy atom. The van der Waals surface area contributed by atoms with Crippen molar-refractivity contribution in [2.45, 2.75) is 6.42 Å². The number of halogens is 1. The number of hydrogen-bond acceptors (Lipinski definition) is 3. The number of benzene rings is 2. The largest absolute Gasteiger partial charge is 0.494 e. The van der Waals surface area contributed by atoms with Crippen molar-refractivity contribution >= 4 is 17.4 Å². The van der Waals surface area contributed by atoms with Crippen LogP contribution in [0.4, 0.5) is 0 Å². The summed E-state index contributed by atoms with van der Waals surface area (Å²) in [6.07, 6.45) is 5.92. The Hall–Kier alpha value is -2.44. The molecule has 0 fully saturated rings. The summed E-state index contributed by atoms with van der Waals surface area (Å²) in [6.45, 7) is 0.772. The van der Waals surface area contributed by atoms with Gasteiger partial charge in [0.25, 0.3) is 0 Å². The summed E-state index contributed by atoms with van der Waals surface area (Å²) >= 11 is 5.60. The molecular weight excluding hydrogens is 312 g/mol. The van der Waals surface area contributed by atoms with Crippen LogP contribution in [0.25, 0.3) is 0 Å². The average Bonchev–Trinajstić information content (AvgIpc) is 2.61. The summed E-state index contributed by atoms with van der Waals surface area (Å²) in [6, 6.07) is 14.0. The molecule has 2 rings (SSSR count). The van der Waals surface area contributed by atoms with E-state index in [2.05, 4.69) is 5.92 Å². The van der Waals surface area contributed by atoms with Crippen LogP contribution in [-0.2, 0) is 0 Å². The summed E-state index contributed by atoms with van der Waals surface area (Å²) in [4.78, 5) is 12.4. The lowest BCUT2D eigenvalue weighted by atomic mass is 10.0. The molecule has 0 radical (unpaired) electrons. The second kappa shape index (κ2) is 8.87. The van der Waals surface area contributed by atoms with Gasteiger partial charge >= 0.3 is 0 Å². The maximum atomic E-state index is 12.4. The van der Waals surface area contributed by atoms with Crippen molar-refractivity contribution < 1.29 is 14.3 Å². The Kier molecular flexibility index (Phi) is 6.53. The Labute approximate surface area is 141 Å². The molecule has 118 valence electrons. The number of hydrogen-bond donors (Lipinski definition) is 0. The van der Waals surface area contributed by atoms with Gasteiger partial charge in [-0.25, -0.2) is 0 Å². The van der Waals surface area contributed by atoms with Gasteiger partial charge in [-0.3, -0.25) is 4.79 Å². The number of carbonyl (C=O) groups is 1. The molecule has 0 bridgehead atoms. The van der Waals surface area contributed by atoms with E-state index in [0.29, 0.717) is 29.4 Å². The fourth-order valence-corrected chi connectivity index (χ4v) is 2.05. The predicted molar refractivity (Wildman–Crippen MR) is 91.5 cm³/mol. The van der Waals surface area contributed by atoms with Gasteiger partial charge in [0.05, 0.1) is 6.61 Å². The molecule has 23 heavy (non-hydrogen) atoms. The van der Waals surface area contributed by atoms with Crippen LogP contribution in [0.5, 0.6) is 11.5 Å². The Balaban J connectivity index is 2.01. The molecule has 0 saturated carbocycles. The minimum absolute atomic E-state index is 0.0548. The van der Waals surface area contributed by atoms with Crippen LogP contribution in [0.2, 0.25) is 0 Å². The molecule has 0 spiro atoms. The van der Waals surface area contributed by atoms with Gasteiger partial charge in [-0.1, -0.05) is 5.92 Å². The molecule has 0 atom stereocenters. The zero-order valence-electron chi connectivity index (χ0n) is 12.6. The molecular formula is C19H17ClO3. The minimum atomic E-state index is -0.0548. The predicted octanol–water partition coefficient (Wildman–Crippen LogP) is 3.94. The molecule has 0 aliphatic rings. The number of ether oxygens (including phenoxy) is 2. The molecule has 0 saturated heterocycles.